The van der Waals surface area contributed by atoms with E-state index in [9.17, 15) is 18.0 Å². The van der Waals surface area contributed by atoms with Crippen LogP contribution in [-0.2, 0) is 0 Å². The summed E-state index contributed by atoms with van der Waals surface area (Å²) in [6.45, 7) is 2.03. The summed E-state index contributed by atoms with van der Waals surface area (Å²) in [5, 5.41) is 2.34. The first kappa shape index (κ1) is 22.4. The van der Waals surface area contributed by atoms with Gasteiger partial charge in [0.05, 0.1) is 11.7 Å². The van der Waals surface area contributed by atoms with Crippen molar-refractivity contribution in [2.45, 2.75) is 6.04 Å². The van der Waals surface area contributed by atoms with E-state index in [-0.39, 0.29) is 11.7 Å². The predicted molar refractivity (Wildman–Crippen MR) is 121 cm³/mol. The second kappa shape index (κ2) is 9.75. The molecule has 8 heteroatoms. The minimum absolute atomic E-state index is 0.0261. The smallest absolute Gasteiger partial charge is 0.322 e. The molecule has 3 aromatic rings. The minimum Gasteiger partial charge on any atom is -0.322 e. The molecule has 166 valence electrons. The van der Waals surface area contributed by atoms with Gasteiger partial charge in [-0.25, -0.2) is 18.0 Å². The van der Waals surface area contributed by atoms with Crippen molar-refractivity contribution in [2.75, 3.05) is 31.5 Å². The summed E-state index contributed by atoms with van der Waals surface area (Å²) in [7, 11) is 0. The zero-order chi connectivity index (χ0) is 22.7. The molecule has 0 spiro atoms. The third-order valence-electron chi connectivity index (χ3n) is 5.54. The van der Waals surface area contributed by atoms with E-state index in [1.807, 2.05) is 30.3 Å². The van der Waals surface area contributed by atoms with Crippen molar-refractivity contribution in [1.82, 2.24) is 9.80 Å². The number of benzene rings is 3. The van der Waals surface area contributed by atoms with Crippen LogP contribution >= 0.6 is 15.9 Å². The predicted octanol–water partition coefficient (Wildman–Crippen LogP) is 5.81. The van der Waals surface area contributed by atoms with Gasteiger partial charge in [0.15, 0.2) is 17.5 Å². The Morgan fingerprint density at radius 2 is 1.44 bits per heavy atom. The van der Waals surface area contributed by atoms with Crippen molar-refractivity contribution in [3.8, 4) is 0 Å². The molecule has 1 atom stereocenters. The molecule has 0 aliphatic carbocycles. The maximum absolute atomic E-state index is 13.9. The second-order valence-electron chi connectivity index (χ2n) is 7.54. The van der Waals surface area contributed by atoms with E-state index in [2.05, 4.69) is 50.4 Å². The first-order chi connectivity index (χ1) is 15.4. The highest BCUT2D eigenvalue weighted by Gasteiger charge is 2.28. The number of carbonyl (C=O) groups is 1. The molecule has 0 bridgehead atoms. The lowest BCUT2D eigenvalue weighted by Crippen LogP contribution is -2.51. The number of hydrogen-bond acceptors (Lipinski definition) is 2. The van der Waals surface area contributed by atoms with Crippen LogP contribution in [0, 0.1) is 17.5 Å². The highest BCUT2D eigenvalue weighted by atomic mass is 79.9. The van der Waals surface area contributed by atoms with Crippen molar-refractivity contribution < 1.29 is 18.0 Å². The Bertz CT molecular complexity index is 1090. The molecule has 1 aliphatic rings. The standard InChI is InChI=1S/C24H21BrF3N3O/c25-18-8-6-17(7-9-18)23(16-4-2-1-3-5-16)30-12-14-31(15-13-30)24(32)29-20-11-10-19(26)21(27)22(20)28/h1-11,23H,12-15H2,(H,29,32)/t23-/m0/s1. The van der Waals surface area contributed by atoms with Crippen LogP contribution in [0.15, 0.2) is 71.2 Å². The van der Waals surface area contributed by atoms with Crippen LogP contribution in [0.3, 0.4) is 0 Å². The molecule has 0 aromatic heterocycles. The quantitative estimate of drug-likeness (QED) is 0.456. The maximum atomic E-state index is 13.9. The van der Waals surface area contributed by atoms with E-state index >= 15 is 0 Å². The fraction of sp³-hybridized carbons (Fsp3) is 0.208. The van der Waals surface area contributed by atoms with Gasteiger partial charge in [0, 0.05) is 30.7 Å². The van der Waals surface area contributed by atoms with Crippen LogP contribution in [0.1, 0.15) is 17.2 Å². The topological polar surface area (TPSA) is 35.6 Å². The average Bonchev–Trinajstić information content (AvgIpc) is 2.82. The number of nitrogens with one attached hydrogen (secondary N) is 1. The van der Waals surface area contributed by atoms with Gasteiger partial charge in [0.1, 0.15) is 0 Å². The van der Waals surface area contributed by atoms with E-state index in [1.54, 1.807) is 4.90 Å². The van der Waals surface area contributed by atoms with Crippen LogP contribution in [0.5, 0.6) is 0 Å². The van der Waals surface area contributed by atoms with Gasteiger partial charge in [-0.1, -0.05) is 58.4 Å². The highest BCUT2D eigenvalue weighted by molar-refractivity contribution is 9.10. The van der Waals surface area contributed by atoms with E-state index in [4.69, 9.17) is 0 Å². The summed E-state index contributed by atoms with van der Waals surface area (Å²) in [4.78, 5) is 16.4. The molecule has 1 heterocycles. The van der Waals surface area contributed by atoms with Crippen LogP contribution < -0.4 is 5.32 Å². The molecule has 1 N–H and O–H groups in total. The molecule has 0 radical (unpaired) electrons. The van der Waals surface area contributed by atoms with Gasteiger partial charge in [0.2, 0.25) is 0 Å². The first-order valence-electron chi connectivity index (χ1n) is 10.2. The zero-order valence-electron chi connectivity index (χ0n) is 17.1. The van der Waals surface area contributed by atoms with Crippen LogP contribution in [0.4, 0.5) is 23.7 Å². The maximum Gasteiger partial charge on any atom is 0.322 e. The molecule has 3 aromatic carbocycles. The summed E-state index contributed by atoms with van der Waals surface area (Å²) in [5.74, 6) is -4.31. The normalized spacial score (nSPS) is 15.4. The Hall–Kier alpha value is -2.84. The number of piperazine rings is 1. The Morgan fingerprint density at radius 1 is 0.812 bits per heavy atom. The number of halogens is 4. The average molecular weight is 504 g/mol. The number of amides is 2. The third kappa shape index (κ3) is 4.81. The molecule has 4 nitrogen and oxygen atoms in total. The number of urea groups is 1. The van der Waals surface area contributed by atoms with Crippen molar-refractivity contribution in [1.29, 1.82) is 0 Å². The van der Waals surface area contributed by atoms with Gasteiger partial charge >= 0.3 is 6.03 Å². The SMILES string of the molecule is O=C(Nc1ccc(F)c(F)c1F)N1CCN([C@@H](c2ccccc2)c2ccc(Br)cc2)CC1. The molecule has 2 amide bonds. The van der Waals surface area contributed by atoms with Gasteiger partial charge in [0.25, 0.3) is 0 Å². The van der Waals surface area contributed by atoms with Gasteiger partial charge in [-0.3, -0.25) is 4.90 Å². The number of nitrogens with zero attached hydrogens (tertiary/aromatic N) is 2. The van der Waals surface area contributed by atoms with Gasteiger partial charge in [-0.2, -0.15) is 0 Å². The summed E-state index contributed by atoms with van der Waals surface area (Å²) >= 11 is 3.48. The van der Waals surface area contributed by atoms with Gasteiger partial charge in [-0.05, 0) is 35.4 Å². The minimum atomic E-state index is -1.60. The molecular weight excluding hydrogens is 483 g/mol. The van der Waals surface area contributed by atoms with E-state index in [1.165, 1.54) is 0 Å². The Labute approximate surface area is 192 Å². The van der Waals surface area contributed by atoms with Crippen molar-refractivity contribution in [2.24, 2.45) is 0 Å². The number of hydrogen-bond donors (Lipinski definition) is 1. The van der Waals surface area contributed by atoms with E-state index in [0.29, 0.717) is 26.2 Å². The summed E-state index contributed by atoms with van der Waals surface area (Å²) in [6, 6.07) is 19.6. The largest absolute Gasteiger partial charge is 0.322 e. The monoisotopic (exact) mass is 503 g/mol. The van der Waals surface area contributed by atoms with Crippen molar-refractivity contribution in [3.05, 3.63) is 99.8 Å². The molecule has 32 heavy (non-hydrogen) atoms. The highest BCUT2D eigenvalue weighted by Crippen LogP contribution is 2.30. The van der Waals surface area contributed by atoms with Crippen LogP contribution in [0.25, 0.3) is 0 Å². The molecule has 4 rings (SSSR count). The summed E-state index contributed by atoms with van der Waals surface area (Å²) in [6.07, 6.45) is 0. The fourth-order valence-corrected chi connectivity index (χ4v) is 4.16. The number of rotatable bonds is 4. The van der Waals surface area contributed by atoms with Gasteiger partial charge < -0.3 is 10.2 Å². The van der Waals surface area contributed by atoms with Gasteiger partial charge in [-0.15, -0.1) is 0 Å². The Morgan fingerprint density at radius 3 is 2.09 bits per heavy atom. The lowest BCUT2D eigenvalue weighted by atomic mass is 9.96. The molecule has 1 aliphatic heterocycles. The molecule has 1 fully saturated rings. The molecular formula is C24H21BrF3N3O. The third-order valence-corrected chi connectivity index (χ3v) is 6.07. The van der Waals surface area contributed by atoms with Crippen LogP contribution in [0.2, 0.25) is 0 Å². The number of anilines is 1. The molecule has 0 unspecified atom stereocenters. The zero-order valence-corrected chi connectivity index (χ0v) is 18.7. The summed E-state index contributed by atoms with van der Waals surface area (Å²) < 4.78 is 41.5. The first-order valence-corrected chi connectivity index (χ1v) is 11.0. The lowest BCUT2D eigenvalue weighted by molar-refractivity contribution is 0.126. The van der Waals surface area contributed by atoms with Crippen molar-refractivity contribution >= 4 is 27.6 Å². The van der Waals surface area contributed by atoms with E-state index < -0.39 is 23.5 Å². The second-order valence-corrected chi connectivity index (χ2v) is 8.46. The Kier molecular flexibility index (Phi) is 6.81. The lowest BCUT2D eigenvalue weighted by Gasteiger charge is -2.39. The number of carbonyl (C=O) groups excluding carboxylic acids is 1. The van der Waals surface area contributed by atoms with Crippen molar-refractivity contribution in [3.63, 3.8) is 0 Å². The van der Waals surface area contributed by atoms with Crippen LogP contribution in [-0.4, -0.2) is 42.0 Å². The summed E-state index contributed by atoms with van der Waals surface area (Å²) in [5.41, 5.74) is 1.91. The molecule has 1 saturated heterocycles. The molecule has 0 saturated carbocycles. The fourth-order valence-electron chi connectivity index (χ4n) is 3.89. The Balaban J connectivity index is 1.47. The van der Waals surface area contributed by atoms with E-state index in [0.717, 1.165) is 27.7 Å².